The van der Waals surface area contributed by atoms with Gasteiger partial charge in [0.05, 0.1) is 28.1 Å². The number of rotatable bonds is 3. The molecule has 3 heterocycles. The van der Waals surface area contributed by atoms with Crippen molar-refractivity contribution in [3.05, 3.63) is 33.1 Å². The van der Waals surface area contributed by atoms with E-state index in [-0.39, 0.29) is 23.5 Å². The van der Waals surface area contributed by atoms with Crippen LogP contribution in [0.25, 0.3) is 0 Å². The summed E-state index contributed by atoms with van der Waals surface area (Å²) in [6, 6.07) is 3.64. The fourth-order valence-electron chi connectivity index (χ4n) is 3.99. The smallest absolute Gasteiger partial charge is 0.266 e. The zero-order valence-corrected chi connectivity index (χ0v) is 17.2. The van der Waals surface area contributed by atoms with E-state index in [0.717, 1.165) is 23.4 Å². The van der Waals surface area contributed by atoms with E-state index in [2.05, 4.69) is 10.4 Å². The lowest BCUT2D eigenvalue weighted by atomic mass is 10.00. The molecular weight excluding hydrogens is 382 g/mol. The fraction of sp³-hybridized carbons (Fsp3) is 0.579. The number of nitrogens with one attached hydrogen (secondary N) is 1. The Balaban J connectivity index is 1.54. The zero-order chi connectivity index (χ0) is 19.0. The van der Waals surface area contributed by atoms with Crippen LogP contribution in [0.5, 0.6) is 0 Å². The second kappa shape index (κ2) is 7.39. The molecule has 1 N–H and O–H groups in total. The molecule has 1 saturated heterocycles. The molecule has 146 valence electrons. The van der Waals surface area contributed by atoms with Gasteiger partial charge in [0.2, 0.25) is 0 Å². The molecule has 2 aromatic rings. The maximum Gasteiger partial charge on any atom is 0.266 e. The number of nitrogens with zero attached hydrogens (tertiary/aromatic N) is 2. The number of anilines is 1. The van der Waals surface area contributed by atoms with E-state index >= 15 is 0 Å². The maximum absolute atomic E-state index is 12.8. The number of thiophene rings is 1. The average Bonchev–Trinajstić information content (AvgIpc) is 3.25. The summed E-state index contributed by atoms with van der Waals surface area (Å²) in [6.07, 6.45) is 7.56. The molecule has 1 amide bonds. The van der Waals surface area contributed by atoms with Gasteiger partial charge in [-0.05, 0) is 50.7 Å². The molecule has 0 aromatic carbocycles. The molecule has 0 radical (unpaired) electrons. The van der Waals surface area contributed by atoms with Gasteiger partial charge in [0.1, 0.15) is 5.82 Å². The summed E-state index contributed by atoms with van der Waals surface area (Å²) >= 11 is 1.59. The quantitative estimate of drug-likeness (QED) is 0.844. The van der Waals surface area contributed by atoms with Crippen molar-refractivity contribution in [2.75, 3.05) is 16.8 Å². The van der Waals surface area contributed by atoms with Crippen LogP contribution in [-0.4, -0.2) is 35.6 Å². The second-order valence-corrected chi connectivity index (χ2v) is 11.0. The minimum atomic E-state index is -3.01. The highest BCUT2D eigenvalue weighted by atomic mass is 32.2. The number of carbonyl (C=O) groups is 1. The first kappa shape index (κ1) is 18.7. The predicted octanol–water partition coefficient (Wildman–Crippen LogP) is 3.52. The number of aromatic nitrogens is 2. The van der Waals surface area contributed by atoms with Gasteiger partial charge in [-0.25, -0.2) is 13.1 Å². The molecule has 0 spiro atoms. The van der Waals surface area contributed by atoms with E-state index in [1.54, 1.807) is 16.0 Å². The van der Waals surface area contributed by atoms with Gasteiger partial charge in [0.25, 0.3) is 5.91 Å². The van der Waals surface area contributed by atoms with Crippen molar-refractivity contribution >= 4 is 32.9 Å². The Morgan fingerprint density at radius 1 is 1.22 bits per heavy atom. The Morgan fingerprint density at radius 2 is 2.00 bits per heavy atom. The monoisotopic (exact) mass is 407 g/mol. The van der Waals surface area contributed by atoms with Crippen LogP contribution in [0.4, 0.5) is 5.82 Å². The molecule has 0 saturated carbocycles. The Kier molecular flexibility index (Phi) is 5.11. The van der Waals surface area contributed by atoms with Crippen LogP contribution in [0.15, 0.2) is 12.1 Å². The van der Waals surface area contributed by atoms with E-state index < -0.39 is 9.84 Å². The molecular formula is C19H25N3O3S2. The molecule has 1 fully saturated rings. The highest BCUT2D eigenvalue weighted by Gasteiger charge is 2.31. The zero-order valence-electron chi connectivity index (χ0n) is 15.5. The number of amides is 1. The van der Waals surface area contributed by atoms with Crippen LogP contribution in [0.3, 0.4) is 0 Å². The van der Waals surface area contributed by atoms with Gasteiger partial charge in [-0.15, -0.1) is 11.3 Å². The second-order valence-electron chi connectivity index (χ2n) is 7.60. The van der Waals surface area contributed by atoms with Crippen LogP contribution >= 0.6 is 11.3 Å². The number of carbonyl (C=O) groups excluding carboxylic acids is 1. The molecule has 8 heteroatoms. The highest BCUT2D eigenvalue weighted by Crippen LogP contribution is 2.30. The summed E-state index contributed by atoms with van der Waals surface area (Å²) < 4.78 is 25.3. The first-order valence-electron chi connectivity index (χ1n) is 9.61. The molecule has 1 aliphatic heterocycles. The summed E-state index contributed by atoms with van der Waals surface area (Å²) in [6.45, 7) is 1.85. The molecule has 0 unspecified atom stereocenters. The third-order valence-corrected chi connectivity index (χ3v) is 8.36. The van der Waals surface area contributed by atoms with E-state index in [0.29, 0.717) is 12.2 Å². The van der Waals surface area contributed by atoms with Crippen molar-refractivity contribution in [2.45, 2.75) is 57.9 Å². The van der Waals surface area contributed by atoms with Gasteiger partial charge in [0.15, 0.2) is 9.84 Å². The largest absolute Gasteiger partial charge is 0.306 e. The van der Waals surface area contributed by atoms with Gasteiger partial charge >= 0.3 is 0 Å². The normalized spacial score (nSPS) is 22.0. The van der Waals surface area contributed by atoms with Gasteiger partial charge < -0.3 is 5.32 Å². The number of fused-ring (bicyclic) bond motifs is 1. The summed E-state index contributed by atoms with van der Waals surface area (Å²) in [5, 5.41) is 7.41. The molecule has 6 nitrogen and oxygen atoms in total. The van der Waals surface area contributed by atoms with Crippen LogP contribution < -0.4 is 5.32 Å². The Labute approximate surface area is 163 Å². The third-order valence-electron chi connectivity index (χ3n) is 5.37. The maximum atomic E-state index is 12.8. The predicted molar refractivity (Wildman–Crippen MR) is 107 cm³/mol. The van der Waals surface area contributed by atoms with E-state index in [9.17, 15) is 13.2 Å². The van der Waals surface area contributed by atoms with Crippen molar-refractivity contribution < 1.29 is 13.2 Å². The van der Waals surface area contributed by atoms with Crippen LogP contribution in [0.2, 0.25) is 0 Å². The average molecular weight is 408 g/mol. The van der Waals surface area contributed by atoms with Crippen molar-refractivity contribution in [1.82, 2.24) is 9.78 Å². The minimum Gasteiger partial charge on any atom is -0.306 e. The molecule has 2 aliphatic rings. The van der Waals surface area contributed by atoms with E-state index in [4.69, 9.17) is 0 Å². The van der Waals surface area contributed by atoms with Crippen LogP contribution in [0.1, 0.15) is 64.0 Å². The van der Waals surface area contributed by atoms with Crippen LogP contribution in [-0.2, 0) is 22.7 Å². The minimum absolute atomic E-state index is 0.0876. The molecule has 0 bridgehead atoms. The molecule has 2 aromatic heterocycles. The topological polar surface area (TPSA) is 81.1 Å². The number of sulfone groups is 1. The lowest BCUT2D eigenvalue weighted by Gasteiger charge is -2.13. The van der Waals surface area contributed by atoms with Crippen molar-refractivity contribution in [1.29, 1.82) is 0 Å². The molecule has 4 rings (SSSR count). The SMILES string of the molecule is Cc1cc(NC(=O)c2cc3c(s2)CCCCCC3)n([C@H]2CCS(=O)(=O)C2)n1. The molecule has 1 atom stereocenters. The van der Waals surface area contributed by atoms with E-state index in [1.165, 1.54) is 36.1 Å². The summed E-state index contributed by atoms with van der Waals surface area (Å²) in [4.78, 5) is 14.9. The summed E-state index contributed by atoms with van der Waals surface area (Å²) in [5.41, 5.74) is 2.09. The van der Waals surface area contributed by atoms with E-state index in [1.807, 2.05) is 19.1 Å². The number of aryl methyl sites for hydroxylation is 3. The van der Waals surface area contributed by atoms with Crippen molar-refractivity contribution in [2.24, 2.45) is 0 Å². The standard InChI is InChI=1S/C19H25N3O3S2/c1-13-10-18(22(21-13)15-8-9-27(24,25)12-15)20-19(23)17-11-14-6-4-2-3-5-7-16(14)26-17/h10-11,15H,2-9,12H2,1H3,(H,20,23)/t15-/m0/s1. The number of hydrogen-bond donors (Lipinski definition) is 1. The highest BCUT2D eigenvalue weighted by molar-refractivity contribution is 7.91. The van der Waals surface area contributed by atoms with Crippen molar-refractivity contribution in [3.63, 3.8) is 0 Å². The van der Waals surface area contributed by atoms with Gasteiger partial charge in [-0.2, -0.15) is 5.10 Å². The first-order valence-corrected chi connectivity index (χ1v) is 12.2. The van der Waals surface area contributed by atoms with Gasteiger partial charge in [-0.3, -0.25) is 4.79 Å². The summed E-state index contributed by atoms with van der Waals surface area (Å²) in [7, 11) is -3.01. The lowest BCUT2D eigenvalue weighted by molar-refractivity contribution is 0.102. The molecule has 27 heavy (non-hydrogen) atoms. The van der Waals surface area contributed by atoms with Gasteiger partial charge in [-0.1, -0.05) is 12.8 Å². The Bertz CT molecular complexity index is 934. The number of hydrogen-bond acceptors (Lipinski definition) is 5. The first-order chi connectivity index (χ1) is 12.9. The van der Waals surface area contributed by atoms with Crippen molar-refractivity contribution in [3.8, 4) is 0 Å². The fourth-order valence-corrected chi connectivity index (χ4v) is 6.83. The lowest BCUT2D eigenvalue weighted by Crippen LogP contribution is -2.19. The van der Waals surface area contributed by atoms with Gasteiger partial charge in [0, 0.05) is 10.9 Å². The molecule has 1 aliphatic carbocycles. The Hall–Kier alpha value is -1.67. The third kappa shape index (κ3) is 4.11. The summed E-state index contributed by atoms with van der Waals surface area (Å²) in [5.74, 6) is 0.723. The Morgan fingerprint density at radius 3 is 2.74 bits per heavy atom. The van der Waals surface area contributed by atoms with Crippen LogP contribution in [0, 0.1) is 6.92 Å².